The second-order valence-electron chi connectivity index (χ2n) is 4.70. The summed E-state index contributed by atoms with van der Waals surface area (Å²) in [6.45, 7) is 2.03. The average Bonchev–Trinajstić information content (AvgIpc) is 2.73. The number of methoxy groups -OCH3 is 1. The zero-order chi connectivity index (χ0) is 14.7. The Labute approximate surface area is 116 Å². The van der Waals surface area contributed by atoms with E-state index in [0.717, 1.165) is 5.56 Å². The summed E-state index contributed by atoms with van der Waals surface area (Å²) >= 11 is 0. The summed E-state index contributed by atoms with van der Waals surface area (Å²) in [5.41, 5.74) is 0.786. The molecule has 1 fully saturated rings. The smallest absolute Gasteiger partial charge is 0.307 e. The average molecular weight is 280 g/mol. The predicted octanol–water partition coefficient (Wildman–Crippen LogP) is 1.21. The molecule has 20 heavy (non-hydrogen) atoms. The van der Waals surface area contributed by atoms with Crippen LogP contribution in [0.3, 0.4) is 0 Å². The van der Waals surface area contributed by atoms with E-state index in [9.17, 15) is 14.0 Å². The maximum absolute atomic E-state index is 13.0. The Balaban J connectivity index is 2.15. The minimum Gasteiger partial charge on any atom is -0.469 e. The Morgan fingerprint density at radius 2 is 2.05 bits per heavy atom. The standard InChI is InChI=1S/C14H17FN2O3/c1-9-14(19)17(8-7-12(18)20-2)13(16-9)10-3-5-11(15)6-4-10/h3-6,9,13,16H,7-8H2,1-2H3. The third kappa shape index (κ3) is 2.96. The second-order valence-corrected chi connectivity index (χ2v) is 4.70. The van der Waals surface area contributed by atoms with Crippen LogP contribution in [0.15, 0.2) is 24.3 Å². The lowest BCUT2D eigenvalue weighted by molar-refractivity contribution is -0.141. The van der Waals surface area contributed by atoms with Crippen molar-refractivity contribution in [3.05, 3.63) is 35.6 Å². The van der Waals surface area contributed by atoms with Crippen molar-refractivity contribution in [1.29, 1.82) is 0 Å². The van der Waals surface area contributed by atoms with Gasteiger partial charge in [0, 0.05) is 6.54 Å². The lowest BCUT2D eigenvalue weighted by atomic mass is 10.1. The van der Waals surface area contributed by atoms with Crippen LogP contribution in [0.2, 0.25) is 0 Å². The number of hydrogen-bond donors (Lipinski definition) is 1. The molecule has 1 aliphatic rings. The van der Waals surface area contributed by atoms with Gasteiger partial charge < -0.3 is 9.64 Å². The molecule has 0 bridgehead atoms. The molecule has 2 rings (SSSR count). The predicted molar refractivity (Wildman–Crippen MR) is 70.1 cm³/mol. The molecule has 1 heterocycles. The first-order valence-electron chi connectivity index (χ1n) is 6.41. The number of nitrogens with one attached hydrogen (secondary N) is 1. The van der Waals surface area contributed by atoms with Gasteiger partial charge >= 0.3 is 5.97 Å². The van der Waals surface area contributed by atoms with Crippen molar-refractivity contribution in [2.24, 2.45) is 0 Å². The fourth-order valence-corrected chi connectivity index (χ4v) is 2.25. The first kappa shape index (κ1) is 14.5. The van der Waals surface area contributed by atoms with E-state index in [1.54, 1.807) is 24.0 Å². The van der Waals surface area contributed by atoms with Gasteiger partial charge in [0.2, 0.25) is 5.91 Å². The number of nitrogens with zero attached hydrogens (tertiary/aromatic N) is 1. The Morgan fingerprint density at radius 1 is 1.40 bits per heavy atom. The number of benzene rings is 1. The quantitative estimate of drug-likeness (QED) is 0.842. The highest BCUT2D eigenvalue weighted by Gasteiger charge is 2.36. The summed E-state index contributed by atoms with van der Waals surface area (Å²) in [5.74, 6) is -0.773. The van der Waals surface area contributed by atoms with Gasteiger partial charge in [0.15, 0.2) is 0 Å². The van der Waals surface area contributed by atoms with Gasteiger partial charge in [-0.25, -0.2) is 4.39 Å². The molecular formula is C14H17FN2O3. The summed E-state index contributed by atoms with van der Waals surface area (Å²) in [7, 11) is 1.31. The van der Waals surface area contributed by atoms with Gasteiger partial charge in [-0.3, -0.25) is 14.9 Å². The number of carbonyl (C=O) groups excluding carboxylic acids is 2. The molecule has 1 N–H and O–H groups in total. The summed E-state index contributed by atoms with van der Waals surface area (Å²) in [5, 5.41) is 3.13. The fraction of sp³-hybridized carbons (Fsp3) is 0.429. The number of hydrogen-bond acceptors (Lipinski definition) is 4. The normalized spacial score (nSPS) is 22.1. The van der Waals surface area contributed by atoms with Crippen LogP contribution in [-0.4, -0.2) is 36.5 Å². The molecular weight excluding hydrogens is 263 g/mol. The number of carbonyl (C=O) groups is 2. The van der Waals surface area contributed by atoms with Gasteiger partial charge in [-0.2, -0.15) is 0 Å². The molecule has 0 radical (unpaired) electrons. The highest BCUT2D eigenvalue weighted by Crippen LogP contribution is 2.25. The number of amides is 1. The summed E-state index contributed by atoms with van der Waals surface area (Å²) in [6.07, 6.45) is -0.211. The van der Waals surface area contributed by atoms with Crippen molar-refractivity contribution in [2.45, 2.75) is 25.6 Å². The Kier molecular flexibility index (Phi) is 4.34. The Hall–Kier alpha value is -1.95. The van der Waals surface area contributed by atoms with Crippen LogP contribution >= 0.6 is 0 Å². The molecule has 1 aromatic rings. The SMILES string of the molecule is COC(=O)CCN1C(=O)C(C)NC1c1ccc(F)cc1. The van der Waals surface area contributed by atoms with Gasteiger partial charge in [0.05, 0.1) is 19.6 Å². The minimum atomic E-state index is -0.366. The molecule has 1 amide bonds. The monoisotopic (exact) mass is 280 g/mol. The molecule has 0 spiro atoms. The minimum absolute atomic E-state index is 0.0803. The van der Waals surface area contributed by atoms with E-state index in [-0.39, 0.29) is 42.9 Å². The van der Waals surface area contributed by atoms with E-state index in [4.69, 9.17) is 0 Å². The third-order valence-corrected chi connectivity index (χ3v) is 3.34. The first-order valence-corrected chi connectivity index (χ1v) is 6.41. The van der Waals surface area contributed by atoms with Crippen LogP contribution in [0.4, 0.5) is 4.39 Å². The zero-order valence-electron chi connectivity index (χ0n) is 11.4. The third-order valence-electron chi connectivity index (χ3n) is 3.34. The van der Waals surface area contributed by atoms with Gasteiger partial charge in [-0.05, 0) is 24.6 Å². The van der Waals surface area contributed by atoms with Crippen LogP contribution in [0.5, 0.6) is 0 Å². The van der Waals surface area contributed by atoms with Gasteiger partial charge in [-0.1, -0.05) is 12.1 Å². The lowest BCUT2D eigenvalue weighted by Gasteiger charge is -2.24. The number of ether oxygens (including phenoxy) is 1. The topological polar surface area (TPSA) is 58.6 Å². The number of rotatable bonds is 4. The van der Waals surface area contributed by atoms with Crippen LogP contribution in [-0.2, 0) is 14.3 Å². The molecule has 0 aliphatic carbocycles. The van der Waals surface area contributed by atoms with Gasteiger partial charge in [0.25, 0.3) is 0 Å². The fourth-order valence-electron chi connectivity index (χ4n) is 2.25. The van der Waals surface area contributed by atoms with Crippen molar-refractivity contribution in [1.82, 2.24) is 10.2 Å². The Morgan fingerprint density at radius 3 is 2.65 bits per heavy atom. The van der Waals surface area contributed by atoms with Crippen LogP contribution in [0, 0.1) is 5.82 Å². The molecule has 108 valence electrons. The van der Waals surface area contributed by atoms with E-state index in [1.165, 1.54) is 19.2 Å². The molecule has 5 nitrogen and oxygen atoms in total. The highest BCUT2D eigenvalue weighted by molar-refractivity contribution is 5.84. The van der Waals surface area contributed by atoms with Crippen molar-refractivity contribution >= 4 is 11.9 Å². The Bertz CT molecular complexity index is 504. The van der Waals surface area contributed by atoms with Crippen molar-refractivity contribution in [3.63, 3.8) is 0 Å². The van der Waals surface area contributed by atoms with Crippen LogP contribution in [0.25, 0.3) is 0 Å². The molecule has 1 aromatic carbocycles. The zero-order valence-corrected chi connectivity index (χ0v) is 11.4. The second kappa shape index (κ2) is 6.00. The number of esters is 1. The largest absolute Gasteiger partial charge is 0.469 e. The molecule has 2 unspecified atom stereocenters. The van der Waals surface area contributed by atoms with Crippen molar-refractivity contribution in [3.8, 4) is 0 Å². The van der Waals surface area contributed by atoms with E-state index in [1.807, 2.05) is 0 Å². The molecule has 2 atom stereocenters. The molecule has 0 aromatic heterocycles. The summed E-state index contributed by atoms with van der Waals surface area (Å²) < 4.78 is 17.5. The maximum Gasteiger partial charge on any atom is 0.307 e. The summed E-state index contributed by atoms with van der Waals surface area (Å²) in [4.78, 5) is 24.9. The molecule has 0 saturated carbocycles. The highest BCUT2D eigenvalue weighted by atomic mass is 19.1. The van der Waals surface area contributed by atoms with Crippen molar-refractivity contribution < 1.29 is 18.7 Å². The van der Waals surface area contributed by atoms with E-state index in [2.05, 4.69) is 10.1 Å². The van der Waals surface area contributed by atoms with Crippen molar-refractivity contribution in [2.75, 3.05) is 13.7 Å². The molecule has 6 heteroatoms. The number of halogens is 1. The first-order chi connectivity index (χ1) is 9.52. The van der Waals surface area contributed by atoms with E-state index in [0.29, 0.717) is 0 Å². The molecule has 1 saturated heterocycles. The van der Waals surface area contributed by atoms with E-state index >= 15 is 0 Å². The molecule has 1 aliphatic heterocycles. The van der Waals surface area contributed by atoms with Gasteiger partial charge in [0.1, 0.15) is 12.0 Å². The summed E-state index contributed by atoms with van der Waals surface area (Å²) in [6, 6.07) is 5.63. The van der Waals surface area contributed by atoms with Gasteiger partial charge in [-0.15, -0.1) is 0 Å². The van der Waals surface area contributed by atoms with E-state index < -0.39 is 0 Å². The maximum atomic E-state index is 13.0. The van der Waals surface area contributed by atoms with Crippen LogP contribution in [0.1, 0.15) is 25.1 Å². The lowest BCUT2D eigenvalue weighted by Crippen LogP contribution is -2.32. The van der Waals surface area contributed by atoms with Crippen LogP contribution < -0.4 is 5.32 Å².